The van der Waals surface area contributed by atoms with Crippen LogP contribution in [0.4, 0.5) is 0 Å². The van der Waals surface area contributed by atoms with Gasteiger partial charge >= 0.3 is 0 Å². The third-order valence-corrected chi connectivity index (χ3v) is 6.30. The number of benzene rings is 4. The van der Waals surface area contributed by atoms with Gasteiger partial charge in [0.1, 0.15) is 11.6 Å². The minimum Gasteiger partial charge on any atom is -0.299 e. The zero-order chi connectivity index (χ0) is 24.6. The van der Waals surface area contributed by atoms with Crippen molar-refractivity contribution in [3.05, 3.63) is 142 Å². The van der Waals surface area contributed by atoms with E-state index in [1.807, 2.05) is 48.5 Å². The minimum absolute atomic E-state index is 0.231. The van der Waals surface area contributed by atoms with Crippen molar-refractivity contribution in [1.82, 2.24) is 0 Å². The van der Waals surface area contributed by atoms with Crippen molar-refractivity contribution < 1.29 is 9.59 Å². The highest BCUT2D eigenvalue weighted by atomic mass is 16.1. The quantitative estimate of drug-likeness (QED) is 0.267. The first-order valence-corrected chi connectivity index (χ1v) is 12.2. The molecule has 0 aliphatic carbocycles. The molecule has 0 aliphatic heterocycles. The van der Waals surface area contributed by atoms with Crippen molar-refractivity contribution in [2.24, 2.45) is 0 Å². The number of hydrogen-bond acceptors (Lipinski definition) is 2. The van der Waals surface area contributed by atoms with Gasteiger partial charge in [0.25, 0.3) is 0 Å². The Morgan fingerprint density at radius 1 is 0.400 bits per heavy atom. The van der Waals surface area contributed by atoms with E-state index in [0.29, 0.717) is 25.7 Å². The molecule has 0 N–H and O–H groups in total. The maximum Gasteiger partial charge on any atom is 0.141 e. The van der Waals surface area contributed by atoms with Gasteiger partial charge in [0.2, 0.25) is 0 Å². The SMILES string of the molecule is Cc1ccc(CC(=O)Cc2ccc(Cc3ccc(CC(=O)Cc4ccc(C)cc4)cc3)cc2)cc1. The summed E-state index contributed by atoms with van der Waals surface area (Å²) in [7, 11) is 0. The van der Waals surface area contributed by atoms with Crippen molar-refractivity contribution in [2.75, 3.05) is 0 Å². The fourth-order valence-corrected chi connectivity index (χ4v) is 4.23. The number of carbonyl (C=O) groups is 2. The zero-order valence-electron chi connectivity index (χ0n) is 20.6. The first-order valence-electron chi connectivity index (χ1n) is 12.2. The predicted molar refractivity (Wildman–Crippen MR) is 143 cm³/mol. The van der Waals surface area contributed by atoms with Crippen LogP contribution in [0.2, 0.25) is 0 Å². The molecule has 0 bridgehead atoms. The van der Waals surface area contributed by atoms with Crippen LogP contribution in [0.15, 0.2) is 97.1 Å². The lowest BCUT2D eigenvalue weighted by Gasteiger charge is -2.07. The van der Waals surface area contributed by atoms with E-state index in [4.69, 9.17) is 0 Å². The van der Waals surface area contributed by atoms with Gasteiger partial charge in [0, 0.05) is 25.7 Å². The first kappa shape index (κ1) is 24.3. The molecule has 0 unspecified atom stereocenters. The lowest BCUT2D eigenvalue weighted by molar-refractivity contribution is -0.118. The molecule has 0 fully saturated rings. The fraction of sp³-hybridized carbons (Fsp3) is 0.212. The maximum atomic E-state index is 12.4. The van der Waals surface area contributed by atoms with Gasteiger partial charge in [-0.2, -0.15) is 0 Å². The topological polar surface area (TPSA) is 34.1 Å². The van der Waals surface area contributed by atoms with Crippen LogP contribution in [-0.4, -0.2) is 11.6 Å². The van der Waals surface area contributed by atoms with Gasteiger partial charge < -0.3 is 0 Å². The van der Waals surface area contributed by atoms with E-state index in [1.54, 1.807) is 0 Å². The van der Waals surface area contributed by atoms with Gasteiger partial charge in [-0.3, -0.25) is 9.59 Å². The summed E-state index contributed by atoms with van der Waals surface area (Å²) in [5.41, 5.74) is 9.07. The predicted octanol–water partition coefficient (Wildman–Crippen LogP) is 6.60. The third-order valence-electron chi connectivity index (χ3n) is 6.30. The highest BCUT2D eigenvalue weighted by molar-refractivity contribution is 5.83. The van der Waals surface area contributed by atoms with Crippen LogP contribution >= 0.6 is 0 Å². The van der Waals surface area contributed by atoms with Gasteiger partial charge in [-0.1, -0.05) is 108 Å². The van der Waals surface area contributed by atoms with Gasteiger partial charge in [-0.05, 0) is 53.6 Å². The molecule has 0 saturated carbocycles. The second-order valence-corrected chi connectivity index (χ2v) is 9.57. The molecule has 35 heavy (non-hydrogen) atoms. The monoisotopic (exact) mass is 460 g/mol. The van der Waals surface area contributed by atoms with Gasteiger partial charge in [0.05, 0.1) is 0 Å². The lowest BCUT2D eigenvalue weighted by Crippen LogP contribution is -2.07. The molecule has 0 spiro atoms. The van der Waals surface area contributed by atoms with E-state index < -0.39 is 0 Å². The Bertz CT molecular complexity index is 1160. The number of ketones is 2. The molecule has 176 valence electrons. The molecule has 0 aromatic heterocycles. The average Bonchev–Trinajstić information content (AvgIpc) is 2.84. The van der Waals surface area contributed by atoms with E-state index >= 15 is 0 Å². The van der Waals surface area contributed by atoms with E-state index in [9.17, 15) is 9.59 Å². The standard InChI is InChI=1S/C33H32O2/c1-24-3-7-28(8-4-24)20-32(34)22-30-15-11-26(12-16-30)19-27-13-17-31(18-14-27)23-33(35)21-29-9-5-25(2)6-10-29/h3-18H,19-23H2,1-2H3. The van der Waals surface area contributed by atoms with Gasteiger partial charge in [0.15, 0.2) is 0 Å². The molecule has 0 atom stereocenters. The Morgan fingerprint density at radius 2 is 0.629 bits per heavy atom. The first-order chi connectivity index (χ1) is 16.9. The third kappa shape index (κ3) is 7.61. The summed E-state index contributed by atoms with van der Waals surface area (Å²) in [6, 6.07) is 33.0. The van der Waals surface area contributed by atoms with Crippen molar-refractivity contribution >= 4 is 11.6 Å². The van der Waals surface area contributed by atoms with Crippen LogP contribution < -0.4 is 0 Å². The highest BCUT2D eigenvalue weighted by Crippen LogP contribution is 2.15. The second-order valence-electron chi connectivity index (χ2n) is 9.57. The molecule has 4 aromatic carbocycles. The van der Waals surface area contributed by atoms with Crippen molar-refractivity contribution in [3.63, 3.8) is 0 Å². The van der Waals surface area contributed by atoms with Crippen molar-refractivity contribution in [1.29, 1.82) is 0 Å². The molecule has 0 aliphatic rings. The molecule has 0 saturated heterocycles. The Hall–Kier alpha value is -3.78. The lowest BCUT2D eigenvalue weighted by atomic mass is 9.98. The molecule has 4 rings (SSSR count). The highest BCUT2D eigenvalue weighted by Gasteiger charge is 2.08. The summed E-state index contributed by atoms with van der Waals surface area (Å²) in [6.07, 6.45) is 2.69. The van der Waals surface area contributed by atoms with Crippen LogP contribution in [0.1, 0.15) is 44.5 Å². The molecule has 4 aromatic rings. The van der Waals surface area contributed by atoms with Crippen LogP contribution in [0.3, 0.4) is 0 Å². The van der Waals surface area contributed by atoms with E-state index in [2.05, 4.69) is 62.4 Å². The fourth-order valence-electron chi connectivity index (χ4n) is 4.23. The van der Waals surface area contributed by atoms with Crippen LogP contribution in [0, 0.1) is 13.8 Å². The second kappa shape index (κ2) is 11.6. The summed E-state index contributed by atoms with van der Waals surface area (Å²) in [4.78, 5) is 24.9. The van der Waals surface area contributed by atoms with Gasteiger partial charge in [-0.15, -0.1) is 0 Å². The van der Waals surface area contributed by atoms with Gasteiger partial charge in [-0.25, -0.2) is 0 Å². The number of Topliss-reactive ketones (excluding diaryl/α,β-unsaturated/α-hetero) is 2. The molecular formula is C33H32O2. The molecule has 0 radical (unpaired) electrons. The Balaban J connectivity index is 1.26. The van der Waals surface area contributed by atoms with E-state index in [-0.39, 0.29) is 11.6 Å². The molecule has 2 heteroatoms. The van der Waals surface area contributed by atoms with Crippen LogP contribution in [0.25, 0.3) is 0 Å². The van der Waals surface area contributed by atoms with E-state index in [1.165, 1.54) is 22.3 Å². The zero-order valence-corrected chi connectivity index (χ0v) is 20.6. The Morgan fingerprint density at radius 3 is 0.914 bits per heavy atom. The summed E-state index contributed by atoms with van der Waals surface area (Å²) in [5.74, 6) is 0.461. The van der Waals surface area contributed by atoms with Crippen molar-refractivity contribution in [2.45, 2.75) is 46.0 Å². The summed E-state index contributed by atoms with van der Waals surface area (Å²) in [6.45, 7) is 4.10. The van der Waals surface area contributed by atoms with Crippen LogP contribution in [-0.2, 0) is 41.7 Å². The number of carbonyl (C=O) groups excluding carboxylic acids is 2. The summed E-state index contributed by atoms with van der Waals surface area (Å²) < 4.78 is 0. The maximum absolute atomic E-state index is 12.4. The molecule has 2 nitrogen and oxygen atoms in total. The van der Waals surface area contributed by atoms with Crippen LogP contribution in [0.5, 0.6) is 0 Å². The molecule has 0 heterocycles. The largest absolute Gasteiger partial charge is 0.299 e. The number of hydrogen-bond donors (Lipinski definition) is 0. The number of aryl methyl sites for hydroxylation is 2. The summed E-state index contributed by atoms with van der Waals surface area (Å²) >= 11 is 0. The molecular weight excluding hydrogens is 428 g/mol. The number of rotatable bonds is 10. The minimum atomic E-state index is 0.231. The summed E-state index contributed by atoms with van der Waals surface area (Å²) in [5, 5.41) is 0. The normalized spacial score (nSPS) is 10.8. The van der Waals surface area contributed by atoms with E-state index in [0.717, 1.165) is 28.7 Å². The Labute approximate surface area is 208 Å². The Kier molecular flexibility index (Phi) is 8.05. The average molecular weight is 461 g/mol. The smallest absolute Gasteiger partial charge is 0.141 e. The van der Waals surface area contributed by atoms with Crippen molar-refractivity contribution in [3.8, 4) is 0 Å². The molecule has 0 amide bonds.